The first-order chi connectivity index (χ1) is 14.1. The lowest BCUT2D eigenvalue weighted by molar-refractivity contribution is -0.141. The van der Waals surface area contributed by atoms with Gasteiger partial charge in [-0.3, -0.25) is 9.59 Å². The van der Waals surface area contributed by atoms with Crippen molar-refractivity contribution in [2.45, 2.75) is 52.1 Å². The van der Waals surface area contributed by atoms with Crippen molar-refractivity contribution in [1.82, 2.24) is 10.2 Å². The van der Waals surface area contributed by atoms with Gasteiger partial charge in [-0.1, -0.05) is 62.7 Å². The first-order valence-electron chi connectivity index (χ1n) is 10.4. The molecule has 0 spiro atoms. The number of carbonyl (C=O) groups excluding carboxylic acids is 2. The fraction of sp³-hybridized carbons (Fsp3) is 0.417. The highest BCUT2D eigenvalue weighted by Gasteiger charge is 2.30. The normalized spacial score (nSPS) is 11.6. The summed E-state index contributed by atoms with van der Waals surface area (Å²) in [6, 6.07) is 16.5. The molecule has 1 atom stereocenters. The molecule has 156 valence electrons. The van der Waals surface area contributed by atoms with Crippen LogP contribution < -0.4 is 10.1 Å². The SMILES string of the molecule is CCCCNC(=O)[C@H](c1ccccc1)N(Cc1ccc(OC)cc1)C(=O)CCC. The Bertz CT molecular complexity index is 759. The molecule has 2 aromatic rings. The molecule has 2 rings (SSSR count). The zero-order chi connectivity index (χ0) is 21.1. The van der Waals surface area contributed by atoms with E-state index >= 15 is 0 Å². The van der Waals surface area contributed by atoms with Gasteiger partial charge in [0.1, 0.15) is 11.8 Å². The average molecular weight is 397 g/mol. The highest BCUT2D eigenvalue weighted by Crippen LogP contribution is 2.25. The molecule has 0 aliphatic heterocycles. The minimum absolute atomic E-state index is 0.0252. The van der Waals surface area contributed by atoms with E-state index in [0.717, 1.165) is 36.1 Å². The Morgan fingerprint density at radius 3 is 2.28 bits per heavy atom. The van der Waals surface area contributed by atoms with Crippen molar-refractivity contribution in [3.63, 3.8) is 0 Å². The van der Waals surface area contributed by atoms with Gasteiger partial charge in [0, 0.05) is 19.5 Å². The Morgan fingerprint density at radius 2 is 1.69 bits per heavy atom. The van der Waals surface area contributed by atoms with E-state index in [2.05, 4.69) is 12.2 Å². The van der Waals surface area contributed by atoms with E-state index < -0.39 is 6.04 Å². The quantitative estimate of drug-likeness (QED) is 0.570. The van der Waals surface area contributed by atoms with E-state index in [9.17, 15) is 9.59 Å². The molecule has 0 aliphatic rings. The average Bonchev–Trinajstić information content (AvgIpc) is 2.75. The molecule has 0 fully saturated rings. The smallest absolute Gasteiger partial charge is 0.247 e. The maximum atomic E-state index is 13.1. The molecule has 0 radical (unpaired) electrons. The summed E-state index contributed by atoms with van der Waals surface area (Å²) in [4.78, 5) is 27.9. The van der Waals surface area contributed by atoms with Crippen molar-refractivity contribution in [2.75, 3.05) is 13.7 Å². The molecule has 0 aromatic heterocycles. The summed E-state index contributed by atoms with van der Waals surface area (Å²) in [7, 11) is 1.62. The number of benzene rings is 2. The molecule has 2 amide bonds. The van der Waals surface area contributed by atoms with Gasteiger partial charge in [0.2, 0.25) is 11.8 Å². The van der Waals surface area contributed by atoms with E-state index in [1.165, 1.54) is 0 Å². The number of methoxy groups -OCH3 is 1. The molecular weight excluding hydrogens is 364 g/mol. The maximum absolute atomic E-state index is 13.1. The maximum Gasteiger partial charge on any atom is 0.247 e. The zero-order valence-electron chi connectivity index (χ0n) is 17.7. The predicted octanol–water partition coefficient (Wildman–Crippen LogP) is 4.48. The van der Waals surface area contributed by atoms with Gasteiger partial charge in [0.25, 0.3) is 0 Å². The van der Waals surface area contributed by atoms with Crippen molar-refractivity contribution in [3.8, 4) is 5.75 Å². The largest absolute Gasteiger partial charge is 0.497 e. The summed E-state index contributed by atoms with van der Waals surface area (Å²) in [5, 5.41) is 3.01. The second-order valence-electron chi connectivity index (χ2n) is 7.08. The minimum Gasteiger partial charge on any atom is -0.497 e. The number of nitrogens with one attached hydrogen (secondary N) is 1. The highest BCUT2D eigenvalue weighted by molar-refractivity contribution is 5.88. The second kappa shape index (κ2) is 11.9. The monoisotopic (exact) mass is 396 g/mol. The first kappa shape index (κ1) is 22.5. The van der Waals surface area contributed by atoms with E-state index in [1.807, 2.05) is 61.5 Å². The van der Waals surface area contributed by atoms with Gasteiger partial charge in [-0.25, -0.2) is 0 Å². The van der Waals surface area contributed by atoms with Crippen LogP contribution in [-0.4, -0.2) is 30.4 Å². The standard InChI is InChI=1S/C24H32N2O3/c1-4-6-17-25-24(28)23(20-11-8-7-9-12-20)26(22(27)10-5-2)18-19-13-15-21(29-3)16-14-19/h7-9,11-16,23H,4-6,10,17-18H2,1-3H3,(H,25,28)/t23-/m0/s1. The van der Waals surface area contributed by atoms with Crippen LogP contribution in [0.1, 0.15) is 56.7 Å². The topological polar surface area (TPSA) is 58.6 Å². The fourth-order valence-corrected chi connectivity index (χ4v) is 3.20. The van der Waals surface area contributed by atoms with Crippen molar-refractivity contribution in [1.29, 1.82) is 0 Å². The van der Waals surface area contributed by atoms with E-state index in [1.54, 1.807) is 12.0 Å². The van der Waals surface area contributed by atoms with Crippen LogP contribution in [0.3, 0.4) is 0 Å². The highest BCUT2D eigenvalue weighted by atomic mass is 16.5. The van der Waals surface area contributed by atoms with E-state index in [0.29, 0.717) is 19.5 Å². The number of unbranched alkanes of at least 4 members (excludes halogenated alkanes) is 1. The molecule has 2 aromatic carbocycles. The Labute approximate surface area is 174 Å². The van der Waals surface area contributed by atoms with Gasteiger partial charge in [0.05, 0.1) is 7.11 Å². The van der Waals surface area contributed by atoms with Gasteiger partial charge >= 0.3 is 0 Å². The van der Waals surface area contributed by atoms with E-state index in [-0.39, 0.29) is 11.8 Å². The summed E-state index contributed by atoms with van der Waals surface area (Å²) in [6.45, 7) is 5.03. The Hall–Kier alpha value is -2.82. The lowest BCUT2D eigenvalue weighted by atomic mass is 10.0. The molecule has 29 heavy (non-hydrogen) atoms. The second-order valence-corrected chi connectivity index (χ2v) is 7.08. The molecule has 5 nitrogen and oxygen atoms in total. The van der Waals surface area contributed by atoms with Crippen LogP contribution in [-0.2, 0) is 16.1 Å². The predicted molar refractivity (Wildman–Crippen MR) is 116 cm³/mol. The van der Waals surface area contributed by atoms with Crippen LogP contribution in [0.4, 0.5) is 0 Å². The zero-order valence-corrected chi connectivity index (χ0v) is 17.7. The van der Waals surface area contributed by atoms with Crippen LogP contribution >= 0.6 is 0 Å². The van der Waals surface area contributed by atoms with Crippen molar-refractivity contribution in [2.24, 2.45) is 0 Å². The summed E-state index contributed by atoms with van der Waals surface area (Å²) in [5.74, 6) is 0.600. The summed E-state index contributed by atoms with van der Waals surface area (Å²) >= 11 is 0. The van der Waals surface area contributed by atoms with Crippen LogP contribution in [0.5, 0.6) is 5.75 Å². The minimum atomic E-state index is -0.658. The van der Waals surface area contributed by atoms with Gasteiger partial charge in [-0.05, 0) is 36.1 Å². The Balaban J connectivity index is 2.36. The van der Waals surface area contributed by atoms with Gasteiger partial charge < -0.3 is 15.0 Å². The number of hydrogen-bond donors (Lipinski definition) is 1. The molecule has 0 saturated carbocycles. The molecule has 0 unspecified atom stereocenters. The molecule has 0 aliphatic carbocycles. The summed E-state index contributed by atoms with van der Waals surface area (Å²) < 4.78 is 5.23. The third-order valence-electron chi connectivity index (χ3n) is 4.80. The van der Waals surface area contributed by atoms with Crippen LogP contribution in [0.25, 0.3) is 0 Å². The molecular formula is C24H32N2O3. The summed E-state index contributed by atoms with van der Waals surface area (Å²) in [6.07, 6.45) is 3.05. The van der Waals surface area contributed by atoms with Gasteiger partial charge in [-0.15, -0.1) is 0 Å². The Kier molecular flexibility index (Phi) is 9.22. The number of rotatable bonds is 11. The molecule has 0 heterocycles. The number of nitrogens with zero attached hydrogens (tertiary/aromatic N) is 1. The first-order valence-corrected chi connectivity index (χ1v) is 10.4. The molecule has 0 saturated heterocycles. The van der Waals surface area contributed by atoms with Gasteiger partial charge in [-0.2, -0.15) is 0 Å². The lowest BCUT2D eigenvalue weighted by Crippen LogP contribution is -2.43. The third kappa shape index (κ3) is 6.63. The molecule has 5 heteroatoms. The van der Waals surface area contributed by atoms with E-state index in [4.69, 9.17) is 4.74 Å². The van der Waals surface area contributed by atoms with Crippen LogP contribution in [0.15, 0.2) is 54.6 Å². The number of carbonyl (C=O) groups is 2. The number of hydrogen-bond acceptors (Lipinski definition) is 3. The number of amides is 2. The Morgan fingerprint density at radius 1 is 1.00 bits per heavy atom. The van der Waals surface area contributed by atoms with Crippen molar-refractivity contribution < 1.29 is 14.3 Å². The molecule has 1 N–H and O–H groups in total. The molecule has 0 bridgehead atoms. The van der Waals surface area contributed by atoms with Gasteiger partial charge in [0.15, 0.2) is 0 Å². The van der Waals surface area contributed by atoms with Crippen LogP contribution in [0, 0.1) is 0 Å². The number of ether oxygens (including phenoxy) is 1. The van der Waals surface area contributed by atoms with Crippen molar-refractivity contribution in [3.05, 3.63) is 65.7 Å². The van der Waals surface area contributed by atoms with Crippen LogP contribution in [0.2, 0.25) is 0 Å². The fourth-order valence-electron chi connectivity index (χ4n) is 3.20. The third-order valence-corrected chi connectivity index (χ3v) is 4.80. The lowest BCUT2D eigenvalue weighted by Gasteiger charge is -2.31. The summed E-state index contributed by atoms with van der Waals surface area (Å²) in [5.41, 5.74) is 1.78. The van der Waals surface area contributed by atoms with Crippen molar-refractivity contribution >= 4 is 11.8 Å².